The minimum absolute atomic E-state index is 0.158. The first kappa shape index (κ1) is 25.9. The number of azo groups is 1. The van der Waals surface area contributed by atoms with Crippen molar-refractivity contribution in [3.8, 4) is 0 Å². The molecule has 1 N–H and O–H groups in total. The highest BCUT2D eigenvalue weighted by molar-refractivity contribution is 7.89. The van der Waals surface area contributed by atoms with Gasteiger partial charge in [-0.25, -0.2) is 13.1 Å². The molecule has 0 amide bonds. The maximum Gasteiger partial charge on any atom is 0.240 e. The zero-order chi connectivity index (χ0) is 23.2. The minimum atomic E-state index is -3.62. The van der Waals surface area contributed by atoms with E-state index in [1.807, 2.05) is 50.2 Å². The maximum absolute atomic E-state index is 12.4. The van der Waals surface area contributed by atoms with Crippen LogP contribution in [0.2, 0.25) is 0 Å². The van der Waals surface area contributed by atoms with E-state index >= 15 is 0 Å². The number of hydrogen-bond acceptors (Lipinski definition) is 8. The average molecular weight is 465 g/mol. The van der Waals surface area contributed by atoms with Gasteiger partial charge in [-0.05, 0) is 55.5 Å². The van der Waals surface area contributed by atoms with Crippen LogP contribution >= 0.6 is 0 Å². The molecule has 0 radical (unpaired) electrons. The van der Waals surface area contributed by atoms with Crippen molar-refractivity contribution in [1.82, 2.24) is 4.72 Å². The third kappa shape index (κ3) is 9.41. The SMILES string of the molecule is CCOCCOCCOCCNS(=O)(=O)c1ccc(N=Nc2ccc(N(C)C)cc2)cc1. The molecular weight excluding hydrogens is 432 g/mol. The summed E-state index contributed by atoms with van der Waals surface area (Å²) in [4.78, 5) is 2.16. The highest BCUT2D eigenvalue weighted by atomic mass is 32.2. The fourth-order valence-electron chi connectivity index (χ4n) is 2.54. The molecule has 2 rings (SSSR count). The van der Waals surface area contributed by atoms with Gasteiger partial charge < -0.3 is 19.1 Å². The number of ether oxygens (including phenoxy) is 3. The van der Waals surface area contributed by atoms with Gasteiger partial charge in [-0.1, -0.05) is 0 Å². The van der Waals surface area contributed by atoms with Crippen LogP contribution in [0, 0.1) is 0 Å². The Labute approximate surface area is 190 Å². The van der Waals surface area contributed by atoms with Crippen LogP contribution in [0.3, 0.4) is 0 Å². The molecule has 0 fully saturated rings. The smallest absolute Gasteiger partial charge is 0.240 e. The molecule has 176 valence electrons. The zero-order valence-electron chi connectivity index (χ0n) is 18.9. The number of nitrogens with zero attached hydrogens (tertiary/aromatic N) is 3. The molecule has 0 atom stereocenters. The van der Waals surface area contributed by atoms with E-state index in [1.54, 1.807) is 12.1 Å². The van der Waals surface area contributed by atoms with Crippen molar-refractivity contribution in [3.63, 3.8) is 0 Å². The Bertz CT molecular complexity index is 916. The number of rotatable bonds is 15. The highest BCUT2D eigenvalue weighted by Gasteiger charge is 2.13. The lowest BCUT2D eigenvalue weighted by molar-refractivity contribution is 0.0181. The Kier molecular flexibility index (Phi) is 11.3. The first-order valence-electron chi connectivity index (χ1n) is 10.4. The van der Waals surface area contributed by atoms with Gasteiger partial charge in [0.05, 0.1) is 49.3 Å². The lowest BCUT2D eigenvalue weighted by Gasteiger charge is -2.11. The van der Waals surface area contributed by atoms with Gasteiger partial charge in [-0.3, -0.25) is 0 Å². The molecule has 0 aromatic heterocycles. The van der Waals surface area contributed by atoms with Crippen LogP contribution in [0.1, 0.15) is 6.92 Å². The molecule has 0 aliphatic carbocycles. The lowest BCUT2D eigenvalue weighted by Crippen LogP contribution is -2.27. The van der Waals surface area contributed by atoms with E-state index in [9.17, 15) is 8.42 Å². The molecule has 0 saturated carbocycles. The number of nitrogens with one attached hydrogen (secondary N) is 1. The lowest BCUT2D eigenvalue weighted by atomic mass is 10.3. The van der Waals surface area contributed by atoms with Crippen LogP contribution in [0.4, 0.5) is 17.1 Å². The Morgan fingerprint density at radius 2 is 1.28 bits per heavy atom. The number of anilines is 1. The van der Waals surface area contributed by atoms with E-state index < -0.39 is 10.0 Å². The predicted molar refractivity (Wildman–Crippen MR) is 125 cm³/mol. The Hall–Kier alpha value is -2.37. The van der Waals surface area contributed by atoms with Crippen molar-refractivity contribution in [2.24, 2.45) is 10.2 Å². The summed E-state index contributed by atoms with van der Waals surface area (Å²) in [7, 11) is 0.316. The summed E-state index contributed by atoms with van der Waals surface area (Å²) in [6, 6.07) is 13.9. The van der Waals surface area contributed by atoms with E-state index in [1.165, 1.54) is 12.1 Å². The first-order valence-corrected chi connectivity index (χ1v) is 11.9. The normalized spacial score (nSPS) is 11.8. The Morgan fingerprint density at radius 3 is 1.81 bits per heavy atom. The summed E-state index contributed by atoms with van der Waals surface area (Å²) in [5.41, 5.74) is 2.35. The summed E-state index contributed by atoms with van der Waals surface area (Å²) in [6.45, 7) is 4.93. The topological polar surface area (TPSA) is 102 Å². The highest BCUT2D eigenvalue weighted by Crippen LogP contribution is 2.22. The van der Waals surface area contributed by atoms with Crippen molar-refractivity contribution in [2.45, 2.75) is 11.8 Å². The second-order valence-electron chi connectivity index (χ2n) is 6.92. The summed E-state index contributed by atoms with van der Waals surface area (Å²) in [5.74, 6) is 0. The summed E-state index contributed by atoms with van der Waals surface area (Å²) in [5, 5.41) is 8.34. The maximum atomic E-state index is 12.4. The van der Waals surface area contributed by atoms with Gasteiger partial charge in [0, 0.05) is 32.9 Å². The van der Waals surface area contributed by atoms with Crippen LogP contribution in [0.5, 0.6) is 0 Å². The minimum Gasteiger partial charge on any atom is -0.379 e. The van der Waals surface area contributed by atoms with Crippen molar-refractivity contribution in [2.75, 3.05) is 65.2 Å². The molecule has 0 aliphatic heterocycles. The molecule has 0 spiro atoms. The molecule has 0 saturated heterocycles. The van der Waals surface area contributed by atoms with Gasteiger partial charge >= 0.3 is 0 Å². The van der Waals surface area contributed by atoms with Crippen LogP contribution in [-0.4, -0.2) is 68.7 Å². The van der Waals surface area contributed by atoms with Gasteiger partial charge in [0.15, 0.2) is 0 Å². The molecule has 0 aliphatic rings. The second kappa shape index (κ2) is 13.9. The third-order valence-electron chi connectivity index (χ3n) is 4.28. The van der Waals surface area contributed by atoms with E-state index in [0.717, 1.165) is 5.69 Å². The van der Waals surface area contributed by atoms with E-state index in [4.69, 9.17) is 14.2 Å². The number of benzene rings is 2. The third-order valence-corrected chi connectivity index (χ3v) is 5.76. The van der Waals surface area contributed by atoms with Crippen molar-refractivity contribution >= 4 is 27.1 Å². The predicted octanol–water partition coefficient (Wildman–Crippen LogP) is 3.52. The Morgan fingerprint density at radius 1 is 0.781 bits per heavy atom. The van der Waals surface area contributed by atoms with Gasteiger partial charge in [-0.15, -0.1) is 0 Å². The second-order valence-corrected chi connectivity index (χ2v) is 8.69. The van der Waals surface area contributed by atoms with Gasteiger partial charge in [-0.2, -0.15) is 10.2 Å². The molecule has 32 heavy (non-hydrogen) atoms. The van der Waals surface area contributed by atoms with Gasteiger partial charge in [0.2, 0.25) is 10.0 Å². The molecule has 9 nitrogen and oxygen atoms in total. The summed E-state index contributed by atoms with van der Waals surface area (Å²) in [6.07, 6.45) is 0. The zero-order valence-corrected chi connectivity index (χ0v) is 19.7. The molecule has 0 heterocycles. The average Bonchev–Trinajstić information content (AvgIpc) is 2.79. The fraction of sp³-hybridized carbons (Fsp3) is 0.455. The van der Waals surface area contributed by atoms with E-state index in [2.05, 4.69) is 15.0 Å². The summed E-state index contributed by atoms with van der Waals surface area (Å²) < 4.78 is 43.1. The van der Waals surface area contributed by atoms with Crippen LogP contribution in [0.15, 0.2) is 63.7 Å². The molecule has 10 heteroatoms. The molecular formula is C22H32N4O5S. The Balaban J connectivity index is 1.73. The first-order chi connectivity index (χ1) is 15.4. The van der Waals surface area contributed by atoms with Gasteiger partial charge in [0.25, 0.3) is 0 Å². The van der Waals surface area contributed by atoms with Gasteiger partial charge in [0.1, 0.15) is 0 Å². The standard InChI is InChI=1S/C22H32N4O5S/c1-4-29-15-16-31-18-17-30-14-13-23-32(27,28)22-11-7-20(8-12-22)25-24-19-5-9-21(10-6-19)26(2)3/h5-12,23H,4,13-18H2,1-3H3. The monoisotopic (exact) mass is 464 g/mol. The van der Waals surface area contributed by atoms with Crippen LogP contribution < -0.4 is 9.62 Å². The van der Waals surface area contributed by atoms with Crippen LogP contribution in [-0.2, 0) is 24.2 Å². The van der Waals surface area contributed by atoms with Crippen molar-refractivity contribution in [3.05, 3.63) is 48.5 Å². The van der Waals surface area contributed by atoms with Crippen molar-refractivity contribution in [1.29, 1.82) is 0 Å². The molecule has 2 aromatic carbocycles. The van der Waals surface area contributed by atoms with Crippen LogP contribution in [0.25, 0.3) is 0 Å². The van der Waals surface area contributed by atoms with E-state index in [-0.39, 0.29) is 18.0 Å². The van der Waals surface area contributed by atoms with Crippen molar-refractivity contribution < 1.29 is 22.6 Å². The number of hydrogen-bond donors (Lipinski definition) is 1. The quantitative estimate of drug-likeness (QED) is 0.320. The fourth-order valence-corrected chi connectivity index (χ4v) is 3.55. The largest absolute Gasteiger partial charge is 0.379 e. The molecule has 0 bridgehead atoms. The number of sulfonamides is 1. The molecule has 0 unspecified atom stereocenters. The summed E-state index contributed by atoms with van der Waals surface area (Å²) >= 11 is 0. The molecule has 2 aromatic rings. The van der Waals surface area contributed by atoms with E-state index in [0.29, 0.717) is 44.4 Å².